The first kappa shape index (κ1) is 9.21. The minimum atomic E-state index is 0.637. The topological polar surface area (TPSA) is 18.5 Å². The summed E-state index contributed by atoms with van der Waals surface area (Å²) in [7, 11) is 0. The number of rotatable bonds is 1. The molecule has 0 aliphatic carbocycles. The van der Waals surface area contributed by atoms with E-state index in [1.54, 1.807) is 11.8 Å². The average molecular weight is 261 g/mol. The molecular formula is C9H9BrO2S. The van der Waals surface area contributed by atoms with Gasteiger partial charge in [-0.3, -0.25) is 0 Å². The Morgan fingerprint density at radius 1 is 1.23 bits per heavy atom. The molecule has 1 aromatic rings. The molecule has 13 heavy (non-hydrogen) atoms. The second-order valence-electron chi connectivity index (χ2n) is 2.63. The number of fused-ring (bicyclic) bond motifs is 1. The molecule has 1 heterocycles. The molecule has 0 amide bonds. The van der Waals surface area contributed by atoms with Crippen molar-refractivity contribution in [3.8, 4) is 11.5 Å². The van der Waals surface area contributed by atoms with Crippen LogP contribution in [0, 0.1) is 0 Å². The molecular weight excluding hydrogens is 252 g/mol. The number of hydrogen-bond acceptors (Lipinski definition) is 3. The number of halogens is 1. The molecule has 1 aliphatic rings. The smallest absolute Gasteiger partial charge is 0.162 e. The Labute approximate surface area is 89.7 Å². The molecule has 0 saturated heterocycles. The summed E-state index contributed by atoms with van der Waals surface area (Å²) in [4.78, 5) is 1.17. The van der Waals surface area contributed by atoms with E-state index in [9.17, 15) is 0 Å². The molecule has 2 nitrogen and oxygen atoms in total. The standard InChI is InChI=1S/C9H9BrO2S/c1-13-9-5-8-7(4-6(9)10)11-2-3-12-8/h4-5H,2-3H2,1H3. The van der Waals surface area contributed by atoms with Gasteiger partial charge in [-0.25, -0.2) is 0 Å². The fourth-order valence-corrected chi connectivity index (χ4v) is 2.49. The fraction of sp³-hybridized carbons (Fsp3) is 0.333. The first-order valence-corrected chi connectivity index (χ1v) is 5.96. The molecule has 4 heteroatoms. The van der Waals surface area contributed by atoms with E-state index in [4.69, 9.17) is 9.47 Å². The summed E-state index contributed by atoms with van der Waals surface area (Å²) >= 11 is 5.16. The quantitative estimate of drug-likeness (QED) is 0.724. The minimum absolute atomic E-state index is 0.637. The maximum Gasteiger partial charge on any atom is 0.162 e. The zero-order valence-corrected chi connectivity index (χ0v) is 9.57. The lowest BCUT2D eigenvalue weighted by Crippen LogP contribution is -2.15. The molecule has 0 fully saturated rings. The molecule has 0 radical (unpaired) electrons. The maximum absolute atomic E-state index is 5.46. The molecule has 0 bridgehead atoms. The molecule has 1 aliphatic heterocycles. The van der Waals surface area contributed by atoms with Crippen LogP contribution in [0.2, 0.25) is 0 Å². The zero-order valence-electron chi connectivity index (χ0n) is 7.17. The summed E-state index contributed by atoms with van der Waals surface area (Å²) < 4.78 is 12.0. The lowest BCUT2D eigenvalue weighted by atomic mass is 10.3. The van der Waals surface area contributed by atoms with Crippen LogP contribution < -0.4 is 9.47 Å². The summed E-state index contributed by atoms with van der Waals surface area (Å²) in [5, 5.41) is 0. The highest BCUT2D eigenvalue weighted by Gasteiger charge is 2.13. The summed E-state index contributed by atoms with van der Waals surface area (Å²) in [6.45, 7) is 1.28. The highest BCUT2D eigenvalue weighted by Crippen LogP contribution is 2.38. The first-order chi connectivity index (χ1) is 6.31. The van der Waals surface area contributed by atoms with E-state index in [1.165, 1.54) is 4.90 Å². The number of ether oxygens (including phenoxy) is 2. The highest BCUT2D eigenvalue weighted by molar-refractivity contribution is 9.10. The van der Waals surface area contributed by atoms with Gasteiger partial charge < -0.3 is 9.47 Å². The van der Waals surface area contributed by atoms with Crippen molar-refractivity contribution < 1.29 is 9.47 Å². The van der Waals surface area contributed by atoms with Gasteiger partial charge in [0.2, 0.25) is 0 Å². The van der Waals surface area contributed by atoms with Gasteiger partial charge in [-0.05, 0) is 34.3 Å². The van der Waals surface area contributed by atoms with Crippen LogP contribution in [0.5, 0.6) is 11.5 Å². The Morgan fingerprint density at radius 3 is 2.46 bits per heavy atom. The van der Waals surface area contributed by atoms with Crippen LogP contribution >= 0.6 is 27.7 Å². The van der Waals surface area contributed by atoms with Crippen molar-refractivity contribution in [1.82, 2.24) is 0 Å². The number of benzene rings is 1. The van der Waals surface area contributed by atoms with Gasteiger partial charge in [-0.15, -0.1) is 11.8 Å². The van der Waals surface area contributed by atoms with Gasteiger partial charge in [-0.2, -0.15) is 0 Å². The Balaban J connectivity index is 2.44. The molecule has 2 rings (SSSR count). The van der Waals surface area contributed by atoms with Crippen LogP contribution in [0.25, 0.3) is 0 Å². The number of thioether (sulfide) groups is 1. The van der Waals surface area contributed by atoms with E-state index in [2.05, 4.69) is 15.9 Å². The molecule has 1 aromatic carbocycles. The highest BCUT2D eigenvalue weighted by atomic mass is 79.9. The van der Waals surface area contributed by atoms with Crippen molar-refractivity contribution in [2.24, 2.45) is 0 Å². The predicted octanol–water partition coefficient (Wildman–Crippen LogP) is 2.94. The van der Waals surface area contributed by atoms with Crippen LogP contribution in [-0.4, -0.2) is 19.5 Å². The third-order valence-corrected chi connectivity index (χ3v) is 3.51. The molecule has 0 atom stereocenters. The molecule has 0 aromatic heterocycles. The van der Waals surface area contributed by atoms with Crippen LogP contribution in [-0.2, 0) is 0 Å². The largest absolute Gasteiger partial charge is 0.486 e. The van der Waals surface area contributed by atoms with Gasteiger partial charge in [0.15, 0.2) is 11.5 Å². The molecule has 0 saturated carbocycles. The van der Waals surface area contributed by atoms with Crippen molar-refractivity contribution in [3.05, 3.63) is 16.6 Å². The second kappa shape index (κ2) is 3.80. The summed E-state index contributed by atoms with van der Waals surface area (Å²) in [5.74, 6) is 1.68. The molecule has 70 valence electrons. The Bertz CT molecular complexity index is 328. The molecule has 0 spiro atoms. The lowest BCUT2D eigenvalue weighted by Gasteiger charge is -2.19. The SMILES string of the molecule is CSc1cc2c(cc1Br)OCCO2. The van der Waals surface area contributed by atoms with Crippen LogP contribution in [0.4, 0.5) is 0 Å². The molecule has 0 N–H and O–H groups in total. The summed E-state index contributed by atoms with van der Waals surface area (Å²) in [5.41, 5.74) is 0. The normalized spacial score (nSPS) is 14.3. The van der Waals surface area contributed by atoms with E-state index in [0.717, 1.165) is 16.0 Å². The van der Waals surface area contributed by atoms with Crippen LogP contribution in [0.3, 0.4) is 0 Å². The van der Waals surface area contributed by atoms with Gasteiger partial charge in [0.25, 0.3) is 0 Å². The Kier molecular flexibility index (Phi) is 2.69. The third kappa shape index (κ3) is 1.79. The van der Waals surface area contributed by atoms with Crippen molar-refractivity contribution in [1.29, 1.82) is 0 Å². The van der Waals surface area contributed by atoms with E-state index >= 15 is 0 Å². The van der Waals surface area contributed by atoms with Gasteiger partial charge in [0.1, 0.15) is 13.2 Å². The molecule has 0 unspecified atom stereocenters. The summed E-state index contributed by atoms with van der Waals surface area (Å²) in [6, 6.07) is 3.96. The van der Waals surface area contributed by atoms with Gasteiger partial charge in [0.05, 0.1) is 0 Å². The van der Waals surface area contributed by atoms with Gasteiger partial charge in [-0.1, -0.05) is 0 Å². The van der Waals surface area contributed by atoms with E-state index in [0.29, 0.717) is 13.2 Å². The predicted molar refractivity (Wildman–Crippen MR) is 56.9 cm³/mol. The third-order valence-electron chi connectivity index (χ3n) is 1.82. The number of hydrogen-bond donors (Lipinski definition) is 0. The van der Waals surface area contributed by atoms with E-state index < -0.39 is 0 Å². The lowest BCUT2D eigenvalue weighted by molar-refractivity contribution is 0.171. The monoisotopic (exact) mass is 260 g/mol. The van der Waals surface area contributed by atoms with E-state index in [1.807, 2.05) is 18.4 Å². The Hall–Kier alpha value is -0.350. The van der Waals surface area contributed by atoms with Crippen molar-refractivity contribution in [3.63, 3.8) is 0 Å². The van der Waals surface area contributed by atoms with Crippen molar-refractivity contribution in [2.75, 3.05) is 19.5 Å². The fourth-order valence-electron chi connectivity index (χ4n) is 1.20. The van der Waals surface area contributed by atoms with Crippen LogP contribution in [0.15, 0.2) is 21.5 Å². The summed E-state index contributed by atoms with van der Waals surface area (Å²) in [6.07, 6.45) is 2.04. The van der Waals surface area contributed by atoms with E-state index in [-0.39, 0.29) is 0 Å². The minimum Gasteiger partial charge on any atom is -0.486 e. The second-order valence-corrected chi connectivity index (χ2v) is 4.33. The Morgan fingerprint density at radius 2 is 1.85 bits per heavy atom. The van der Waals surface area contributed by atoms with Gasteiger partial charge >= 0.3 is 0 Å². The average Bonchev–Trinajstić information content (AvgIpc) is 2.17. The van der Waals surface area contributed by atoms with Crippen molar-refractivity contribution >= 4 is 27.7 Å². The zero-order chi connectivity index (χ0) is 9.26. The first-order valence-electron chi connectivity index (χ1n) is 3.94. The van der Waals surface area contributed by atoms with Gasteiger partial charge in [0, 0.05) is 9.37 Å². The van der Waals surface area contributed by atoms with Crippen molar-refractivity contribution in [2.45, 2.75) is 4.90 Å². The maximum atomic E-state index is 5.46. The van der Waals surface area contributed by atoms with Crippen LogP contribution in [0.1, 0.15) is 0 Å².